The van der Waals surface area contributed by atoms with Crippen molar-refractivity contribution in [1.29, 1.82) is 0 Å². The van der Waals surface area contributed by atoms with Crippen LogP contribution in [0.3, 0.4) is 0 Å². The lowest BCUT2D eigenvalue weighted by molar-refractivity contribution is 0.373. The van der Waals surface area contributed by atoms with Gasteiger partial charge in [-0.2, -0.15) is 0 Å². The molecule has 0 aliphatic heterocycles. The second kappa shape index (κ2) is 4.41. The Balaban J connectivity index is 2.92. The molecule has 0 bridgehead atoms. The summed E-state index contributed by atoms with van der Waals surface area (Å²) in [6.07, 6.45) is 0. The Morgan fingerprint density at radius 2 is 2.18 bits per heavy atom. The predicted molar refractivity (Wildman–Crippen MR) is 68.1 cm³/mol. The van der Waals surface area contributed by atoms with E-state index in [1.807, 2.05) is 0 Å². The summed E-state index contributed by atoms with van der Waals surface area (Å²) in [4.78, 5) is 11.6. The summed E-state index contributed by atoms with van der Waals surface area (Å²) in [5.41, 5.74) is 1.36. The Kier molecular flexibility index (Phi) is 3.11. The van der Waals surface area contributed by atoms with Crippen LogP contribution in [-0.2, 0) is 5.33 Å². The van der Waals surface area contributed by atoms with Crippen LogP contribution >= 0.6 is 15.9 Å². The van der Waals surface area contributed by atoms with Crippen LogP contribution < -0.4 is 10.4 Å². The third-order valence-corrected chi connectivity index (χ3v) is 3.26. The maximum atomic E-state index is 11.6. The van der Waals surface area contributed by atoms with Crippen LogP contribution in [0.2, 0.25) is 0 Å². The van der Waals surface area contributed by atoms with Gasteiger partial charge >= 0.3 is 5.63 Å². The third-order valence-electron chi connectivity index (χ3n) is 2.70. The molecule has 17 heavy (non-hydrogen) atoms. The van der Waals surface area contributed by atoms with Crippen molar-refractivity contribution in [3.05, 3.63) is 33.7 Å². The van der Waals surface area contributed by atoms with E-state index in [-0.39, 0.29) is 5.75 Å². The van der Waals surface area contributed by atoms with Gasteiger partial charge in [0.25, 0.3) is 0 Å². The lowest BCUT2D eigenvalue weighted by atomic mass is 10.1. The highest BCUT2D eigenvalue weighted by Crippen LogP contribution is 2.33. The van der Waals surface area contributed by atoms with E-state index < -0.39 is 5.63 Å². The van der Waals surface area contributed by atoms with Gasteiger partial charge in [0.2, 0.25) is 0 Å². The number of fused-ring (bicyclic) bond motifs is 1. The van der Waals surface area contributed by atoms with Gasteiger partial charge in [0.05, 0.1) is 7.11 Å². The normalized spacial score (nSPS) is 10.8. The minimum atomic E-state index is -0.392. The van der Waals surface area contributed by atoms with Gasteiger partial charge in [0.1, 0.15) is 5.58 Å². The van der Waals surface area contributed by atoms with E-state index in [0.29, 0.717) is 22.2 Å². The average molecular weight is 299 g/mol. The van der Waals surface area contributed by atoms with Gasteiger partial charge in [-0.25, -0.2) is 4.79 Å². The Morgan fingerprint density at radius 1 is 1.47 bits per heavy atom. The van der Waals surface area contributed by atoms with Crippen molar-refractivity contribution in [3.63, 3.8) is 0 Å². The first-order valence-corrected chi connectivity index (χ1v) is 6.10. The summed E-state index contributed by atoms with van der Waals surface area (Å²) >= 11 is 3.34. The highest BCUT2D eigenvalue weighted by molar-refractivity contribution is 9.08. The first-order valence-electron chi connectivity index (χ1n) is 4.97. The lowest BCUT2D eigenvalue weighted by Crippen LogP contribution is -2.07. The molecule has 0 saturated carbocycles. The molecule has 0 spiro atoms. The van der Waals surface area contributed by atoms with Crippen LogP contribution in [0, 0.1) is 6.92 Å². The molecule has 1 heterocycles. The zero-order valence-electron chi connectivity index (χ0n) is 9.41. The van der Waals surface area contributed by atoms with Crippen LogP contribution in [0.1, 0.15) is 11.1 Å². The highest BCUT2D eigenvalue weighted by atomic mass is 79.9. The summed E-state index contributed by atoms with van der Waals surface area (Å²) in [6, 6.07) is 3.05. The molecule has 90 valence electrons. The summed E-state index contributed by atoms with van der Waals surface area (Å²) in [5.74, 6) is 0.306. The molecule has 0 aliphatic rings. The van der Waals surface area contributed by atoms with Gasteiger partial charge in [-0.05, 0) is 18.6 Å². The zero-order valence-corrected chi connectivity index (χ0v) is 11.0. The Hall–Kier alpha value is -1.49. The molecule has 0 saturated heterocycles. The van der Waals surface area contributed by atoms with Gasteiger partial charge < -0.3 is 14.3 Å². The largest absolute Gasteiger partial charge is 0.504 e. The average Bonchev–Trinajstić information content (AvgIpc) is 2.31. The number of phenols is 1. The number of aromatic hydroxyl groups is 1. The number of phenolic OH excluding ortho intramolecular Hbond substituents is 1. The molecule has 0 unspecified atom stereocenters. The first-order chi connectivity index (χ1) is 8.08. The number of halogens is 1. The molecule has 1 aromatic heterocycles. The fourth-order valence-corrected chi connectivity index (χ4v) is 2.43. The van der Waals surface area contributed by atoms with E-state index >= 15 is 0 Å². The second-order valence-corrected chi connectivity index (χ2v) is 4.21. The van der Waals surface area contributed by atoms with Gasteiger partial charge in [-0.15, -0.1) is 0 Å². The van der Waals surface area contributed by atoms with Crippen molar-refractivity contribution in [1.82, 2.24) is 0 Å². The lowest BCUT2D eigenvalue weighted by Gasteiger charge is -2.09. The monoisotopic (exact) mass is 298 g/mol. The molecule has 1 aromatic carbocycles. The number of hydrogen-bond acceptors (Lipinski definition) is 4. The summed E-state index contributed by atoms with van der Waals surface area (Å²) in [6.45, 7) is 1.71. The van der Waals surface area contributed by atoms with Gasteiger partial charge in [0, 0.05) is 22.3 Å². The van der Waals surface area contributed by atoms with Crippen molar-refractivity contribution in [2.75, 3.05) is 7.11 Å². The smallest absolute Gasteiger partial charge is 0.339 e. The number of benzene rings is 1. The fraction of sp³-hybridized carbons (Fsp3) is 0.250. The predicted octanol–water partition coefficient (Wildman–Crippen LogP) is 2.71. The van der Waals surface area contributed by atoms with E-state index in [0.717, 1.165) is 10.9 Å². The minimum Gasteiger partial charge on any atom is -0.504 e. The molecule has 2 rings (SSSR count). The Bertz CT molecular complexity index is 630. The highest BCUT2D eigenvalue weighted by Gasteiger charge is 2.13. The summed E-state index contributed by atoms with van der Waals surface area (Å²) in [7, 11) is 1.47. The van der Waals surface area contributed by atoms with E-state index in [9.17, 15) is 9.90 Å². The summed E-state index contributed by atoms with van der Waals surface area (Å²) < 4.78 is 10.2. The van der Waals surface area contributed by atoms with Gasteiger partial charge in [0.15, 0.2) is 11.5 Å². The molecular formula is C12H11BrO4. The van der Waals surface area contributed by atoms with Crippen molar-refractivity contribution in [3.8, 4) is 11.5 Å². The number of hydrogen-bond donors (Lipinski definition) is 1. The Morgan fingerprint density at radius 3 is 2.76 bits per heavy atom. The summed E-state index contributed by atoms with van der Waals surface area (Å²) in [5, 5.41) is 10.9. The van der Waals surface area contributed by atoms with Crippen LogP contribution in [0.25, 0.3) is 11.0 Å². The number of rotatable bonds is 2. The number of ether oxygens (including phenoxy) is 1. The Labute approximate surface area is 106 Å². The van der Waals surface area contributed by atoms with Gasteiger partial charge in [-0.3, -0.25) is 0 Å². The third kappa shape index (κ3) is 1.91. The van der Waals surface area contributed by atoms with Crippen molar-refractivity contribution < 1.29 is 14.3 Å². The van der Waals surface area contributed by atoms with E-state index in [4.69, 9.17) is 9.15 Å². The van der Waals surface area contributed by atoms with Crippen molar-refractivity contribution in [2.45, 2.75) is 12.3 Å². The minimum absolute atomic E-state index is 0.0486. The van der Waals surface area contributed by atoms with Crippen LogP contribution in [0.15, 0.2) is 21.3 Å². The standard InChI is InChI=1S/C12H11BrO4/c1-6-8(5-13)7-3-11(16-2)9(14)4-10(7)17-12(6)15/h3-4,14H,5H2,1-2H3. The maximum Gasteiger partial charge on any atom is 0.339 e. The molecule has 2 aromatic rings. The fourth-order valence-electron chi connectivity index (χ4n) is 1.71. The van der Waals surface area contributed by atoms with Gasteiger partial charge in [-0.1, -0.05) is 15.9 Å². The van der Waals surface area contributed by atoms with E-state index in [1.165, 1.54) is 13.2 Å². The van der Waals surface area contributed by atoms with Crippen LogP contribution in [-0.4, -0.2) is 12.2 Å². The molecule has 0 fully saturated rings. The molecule has 4 nitrogen and oxygen atoms in total. The van der Waals surface area contributed by atoms with Crippen molar-refractivity contribution >= 4 is 26.9 Å². The van der Waals surface area contributed by atoms with Crippen LogP contribution in [0.5, 0.6) is 11.5 Å². The SMILES string of the molecule is COc1cc2c(CBr)c(C)c(=O)oc2cc1O. The number of methoxy groups -OCH3 is 1. The van der Waals surface area contributed by atoms with Crippen LogP contribution in [0.4, 0.5) is 0 Å². The molecule has 0 aliphatic carbocycles. The quantitative estimate of drug-likeness (QED) is 0.684. The number of alkyl halides is 1. The topological polar surface area (TPSA) is 59.7 Å². The van der Waals surface area contributed by atoms with E-state index in [1.54, 1.807) is 13.0 Å². The van der Waals surface area contributed by atoms with Crippen molar-refractivity contribution in [2.24, 2.45) is 0 Å². The molecule has 5 heteroatoms. The second-order valence-electron chi connectivity index (χ2n) is 3.65. The molecule has 1 N–H and O–H groups in total. The molecule has 0 amide bonds. The zero-order chi connectivity index (χ0) is 12.6. The molecule has 0 atom stereocenters. The van der Waals surface area contributed by atoms with E-state index in [2.05, 4.69) is 15.9 Å². The maximum absolute atomic E-state index is 11.6. The first kappa shape index (κ1) is 12.0. The molecular weight excluding hydrogens is 288 g/mol. The molecule has 0 radical (unpaired) electrons.